The third-order valence-electron chi connectivity index (χ3n) is 2.86. The minimum Gasteiger partial charge on any atom is -0.225 e. The van der Waals surface area contributed by atoms with Crippen LogP contribution in [0.4, 0.5) is 0 Å². The van der Waals surface area contributed by atoms with Gasteiger partial charge in [-0.25, -0.2) is 4.98 Å². The summed E-state index contributed by atoms with van der Waals surface area (Å²) < 4.78 is 0. The van der Waals surface area contributed by atoms with Gasteiger partial charge in [0.05, 0.1) is 0 Å². The summed E-state index contributed by atoms with van der Waals surface area (Å²) in [7, 11) is 0. The Bertz CT molecular complexity index is 766. The van der Waals surface area contributed by atoms with E-state index in [9.17, 15) is 0 Å². The van der Waals surface area contributed by atoms with Crippen molar-refractivity contribution in [1.82, 2.24) is 4.98 Å². The molecule has 0 fully saturated rings. The van der Waals surface area contributed by atoms with Crippen molar-refractivity contribution in [1.29, 1.82) is 5.26 Å². The maximum atomic E-state index is 8.79. The number of thiazole rings is 1. The Morgan fingerprint density at radius 1 is 1.11 bits per heavy atom. The van der Waals surface area contributed by atoms with E-state index in [1.165, 1.54) is 27.7 Å². The second-order valence-corrected chi connectivity index (χ2v) is 5.07. The van der Waals surface area contributed by atoms with Gasteiger partial charge in [0.1, 0.15) is 11.1 Å². The zero-order valence-corrected chi connectivity index (χ0v) is 10.7. The largest absolute Gasteiger partial charge is 0.225 e. The summed E-state index contributed by atoms with van der Waals surface area (Å²) in [6.07, 6.45) is 0. The minimum absolute atomic E-state index is 0.485. The molecule has 0 bridgehead atoms. The lowest BCUT2D eigenvalue weighted by atomic mass is 10.1. The third-order valence-corrected chi connectivity index (χ3v) is 3.75. The molecule has 2 aromatic carbocycles. The number of aromatic nitrogens is 1. The number of nitrogens with zero attached hydrogens (tertiary/aromatic N) is 2. The molecule has 0 aliphatic heterocycles. The van der Waals surface area contributed by atoms with Crippen LogP contribution in [-0.2, 0) is 0 Å². The molecule has 86 valence electrons. The first-order valence-electron chi connectivity index (χ1n) is 5.63. The van der Waals surface area contributed by atoms with Crippen molar-refractivity contribution in [3.8, 4) is 16.6 Å². The van der Waals surface area contributed by atoms with Crippen LogP contribution >= 0.6 is 11.3 Å². The number of hydrogen-bond donors (Lipinski definition) is 0. The highest BCUT2D eigenvalue weighted by molar-refractivity contribution is 7.13. The summed E-state index contributed by atoms with van der Waals surface area (Å²) in [5, 5.41) is 13.9. The molecule has 0 aliphatic rings. The Labute approximate surface area is 109 Å². The molecule has 0 aliphatic carbocycles. The number of aryl methyl sites for hydroxylation is 1. The number of hydrogen-bond acceptors (Lipinski definition) is 3. The highest BCUT2D eigenvalue weighted by Crippen LogP contribution is 2.27. The smallest absolute Gasteiger partial charge is 0.152 e. The molecule has 1 heterocycles. The van der Waals surface area contributed by atoms with Gasteiger partial charge in [-0.15, -0.1) is 11.3 Å². The van der Waals surface area contributed by atoms with Crippen LogP contribution in [0.5, 0.6) is 0 Å². The van der Waals surface area contributed by atoms with Crippen LogP contribution < -0.4 is 0 Å². The maximum absolute atomic E-state index is 8.79. The minimum atomic E-state index is 0.485. The summed E-state index contributed by atoms with van der Waals surface area (Å²) >= 11 is 1.51. The summed E-state index contributed by atoms with van der Waals surface area (Å²) in [6.45, 7) is 2.09. The molecule has 0 saturated heterocycles. The van der Waals surface area contributed by atoms with Gasteiger partial charge in [-0.05, 0) is 23.8 Å². The average Bonchev–Trinajstić information content (AvgIpc) is 2.87. The fraction of sp³-hybridized carbons (Fsp3) is 0.0667. The van der Waals surface area contributed by atoms with E-state index in [0.29, 0.717) is 5.69 Å². The Morgan fingerprint density at radius 3 is 2.67 bits per heavy atom. The first-order valence-corrected chi connectivity index (χ1v) is 6.51. The molecule has 0 radical (unpaired) electrons. The SMILES string of the molecule is Cc1ccc2cc(-c3nc(C#N)cs3)ccc2c1. The second-order valence-electron chi connectivity index (χ2n) is 4.22. The topological polar surface area (TPSA) is 36.7 Å². The highest BCUT2D eigenvalue weighted by Gasteiger charge is 2.05. The summed E-state index contributed by atoms with van der Waals surface area (Å²) in [4.78, 5) is 4.28. The molecule has 0 amide bonds. The summed E-state index contributed by atoms with van der Waals surface area (Å²) in [5.41, 5.74) is 2.81. The maximum Gasteiger partial charge on any atom is 0.152 e. The van der Waals surface area contributed by atoms with Gasteiger partial charge in [0.15, 0.2) is 5.69 Å². The standard InChI is InChI=1S/C15H10N2S/c1-10-2-3-12-7-13(5-4-11(12)6-10)15-17-14(8-16)9-18-15/h2-7,9H,1H3. The molecule has 1 aromatic heterocycles. The molecular formula is C15H10N2S. The van der Waals surface area contributed by atoms with E-state index in [2.05, 4.69) is 54.4 Å². The van der Waals surface area contributed by atoms with E-state index in [1.54, 1.807) is 5.38 Å². The molecule has 0 saturated carbocycles. The van der Waals surface area contributed by atoms with E-state index in [0.717, 1.165) is 10.6 Å². The van der Waals surface area contributed by atoms with Crippen molar-refractivity contribution >= 4 is 22.1 Å². The van der Waals surface area contributed by atoms with Gasteiger partial charge in [0, 0.05) is 10.9 Å². The van der Waals surface area contributed by atoms with Gasteiger partial charge in [0.2, 0.25) is 0 Å². The molecule has 2 nitrogen and oxygen atoms in total. The van der Waals surface area contributed by atoms with Crippen LogP contribution in [0.15, 0.2) is 41.8 Å². The van der Waals surface area contributed by atoms with Gasteiger partial charge < -0.3 is 0 Å². The van der Waals surface area contributed by atoms with Crippen LogP contribution in [0.2, 0.25) is 0 Å². The van der Waals surface area contributed by atoms with Crippen LogP contribution in [0.1, 0.15) is 11.3 Å². The molecule has 3 aromatic rings. The monoisotopic (exact) mass is 250 g/mol. The van der Waals surface area contributed by atoms with E-state index in [4.69, 9.17) is 5.26 Å². The van der Waals surface area contributed by atoms with Gasteiger partial charge in [-0.3, -0.25) is 0 Å². The molecule has 0 spiro atoms. The van der Waals surface area contributed by atoms with Crippen molar-refractivity contribution < 1.29 is 0 Å². The Morgan fingerprint density at radius 2 is 1.89 bits per heavy atom. The molecule has 18 heavy (non-hydrogen) atoms. The van der Waals surface area contributed by atoms with E-state index < -0.39 is 0 Å². The van der Waals surface area contributed by atoms with Crippen LogP contribution in [0, 0.1) is 18.3 Å². The molecule has 3 heteroatoms. The van der Waals surface area contributed by atoms with E-state index >= 15 is 0 Å². The van der Waals surface area contributed by atoms with Gasteiger partial charge in [-0.2, -0.15) is 5.26 Å². The predicted molar refractivity (Wildman–Crippen MR) is 74.5 cm³/mol. The molecular weight excluding hydrogens is 240 g/mol. The second kappa shape index (κ2) is 4.25. The Hall–Kier alpha value is -2.18. The lowest BCUT2D eigenvalue weighted by molar-refractivity contribution is 1.33. The fourth-order valence-electron chi connectivity index (χ4n) is 1.96. The lowest BCUT2D eigenvalue weighted by Crippen LogP contribution is -1.80. The first-order chi connectivity index (χ1) is 8.76. The quantitative estimate of drug-likeness (QED) is 0.650. The Kier molecular flexibility index (Phi) is 2.58. The van der Waals surface area contributed by atoms with Crippen molar-refractivity contribution in [2.75, 3.05) is 0 Å². The van der Waals surface area contributed by atoms with Crippen LogP contribution in [-0.4, -0.2) is 4.98 Å². The van der Waals surface area contributed by atoms with Gasteiger partial charge >= 0.3 is 0 Å². The number of fused-ring (bicyclic) bond motifs is 1. The summed E-state index contributed by atoms with van der Waals surface area (Å²) in [5.74, 6) is 0. The van der Waals surface area contributed by atoms with E-state index in [-0.39, 0.29) is 0 Å². The van der Waals surface area contributed by atoms with E-state index in [1.807, 2.05) is 0 Å². The average molecular weight is 250 g/mol. The molecule has 3 rings (SSSR count). The zero-order valence-electron chi connectivity index (χ0n) is 9.84. The number of nitriles is 1. The van der Waals surface area contributed by atoms with Crippen molar-refractivity contribution in [2.24, 2.45) is 0 Å². The lowest BCUT2D eigenvalue weighted by Gasteiger charge is -2.02. The van der Waals surface area contributed by atoms with Crippen molar-refractivity contribution in [3.63, 3.8) is 0 Å². The highest BCUT2D eigenvalue weighted by atomic mass is 32.1. The number of rotatable bonds is 1. The Balaban J connectivity index is 2.13. The normalized spacial score (nSPS) is 10.4. The third kappa shape index (κ3) is 1.87. The van der Waals surface area contributed by atoms with Crippen LogP contribution in [0.3, 0.4) is 0 Å². The number of benzene rings is 2. The van der Waals surface area contributed by atoms with Crippen molar-refractivity contribution in [3.05, 3.63) is 53.0 Å². The molecule has 0 N–H and O–H groups in total. The van der Waals surface area contributed by atoms with Crippen LogP contribution in [0.25, 0.3) is 21.3 Å². The van der Waals surface area contributed by atoms with Crippen molar-refractivity contribution in [2.45, 2.75) is 6.92 Å². The van der Waals surface area contributed by atoms with Gasteiger partial charge in [0.25, 0.3) is 0 Å². The van der Waals surface area contributed by atoms with Gasteiger partial charge in [-0.1, -0.05) is 35.9 Å². The zero-order chi connectivity index (χ0) is 12.5. The summed E-state index contributed by atoms with van der Waals surface area (Å²) in [6, 6.07) is 14.7. The first kappa shape index (κ1) is 10.9. The fourth-order valence-corrected chi connectivity index (χ4v) is 2.70. The molecule has 0 unspecified atom stereocenters. The predicted octanol–water partition coefficient (Wildman–Crippen LogP) is 4.14. The molecule has 0 atom stereocenters.